The maximum atomic E-state index is 5.54. The van der Waals surface area contributed by atoms with Gasteiger partial charge in [0.25, 0.3) is 0 Å². The average molecular weight is 165 g/mol. The van der Waals surface area contributed by atoms with Gasteiger partial charge in [-0.25, -0.2) is 0 Å². The van der Waals surface area contributed by atoms with Crippen molar-refractivity contribution >= 4 is 0 Å². The molecule has 0 radical (unpaired) electrons. The summed E-state index contributed by atoms with van der Waals surface area (Å²) in [6.45, 7) is 0.721. The van der Waals surface area contributed by atoms with Crippen LogP contribution in [-0.4, -0.2) is 16.3 Å². The molecule has 1 aliphatic carbocycles. The van der Waals surface area contributed by atoms with Gasteiger partial charge >= 0.3 is 0 Å². The Morgan fingerprint density at radius 1 is 1.67 bits per heavy atom. The number of hydrogen-bond donors (Lipinski definition) is 1. The van der Waals surface area contributed by atoms with Crippen LogP contribution in [0.25, 0.3) is 0 Å². The van der Waals surface area contributed by atoms with E-state index in [9.17, 15) is 0 Å². The van der Waals surface area contributed by atoms with E-state index in [0.717, 1.165) is 18.9 Å². The molecule has 12 heavy (non-hydrogen) atoms. The summed E-state index contributed by atoms with van der Waals surface area (Å²) in [7, 11) is 2.00. The third kappa shape index (κ3) is 1.25. The largest absolute Gasteiger partial charge is 0.330 e. The van der Waals surface area contributed by atoms with Crippen molar-refractivity contribution in [3.05, 3.63) is 17.5 Å². The van der Waals surface area contributed by atoms with Gasteiger partial charge in [0.05, 0.1) is 6.20 Å². The first-order valence-electron chi connectivity index (χ1n) is 4.53. The lowest BCUT2D eigenvalue weighted by Gasteiger charge is -2.02. The van der Waals surface area contributed by atoms with Crippen LogP contribution in [0.2, 0.25) is 0 Å². The van der Waals surface area contributed by atoms with Crippen LogP contribution in [0.3, 0.4) is 0 Å². The maximum Gasteiger partial charge on any atom is 0.0527 e. The Morgan fingerprint density at radius 3 is 3.00 bits per heavy atom. The third-order valence-electron chi connectivity index (χ3n) is 2.49. The lowest BCUT2D eigenvalue weighted by atomic mass is 10.1. The summed E-state index contributed by atoms with van der Waals surface area (Å²) in [6.07, 6.45) is 5.64. The lowest BCUT2D eigenvalue weighted by molar-refractivity contribution is 0.702. The third-order valence-corrected chi connectivity index (χ3v) is 2.49. The summed E-state index contributed by atoms with van der Waals surface area (Å²) in [4.78, 5) is 0. The van der Waals surface area contributed by atoms with Gasteiger partial charge in [0.2, 0.25) is 0 Å². The van der Waals surface area contributed by atoms with Crippen LogP contribution in [0.1, 0.15) is 30.0 Å². The average Bonchev–Trinajstić information content (AvgIpc) is 2.82. The van der Waals surface area contributed by atoms with Crippen LogP contribution < -0.4 is 5.73 Å². The maximum absolute atomic E-state index is 5.54. The van der Waals surface area contributed by atoms with Crippen LogP contribution in [0.4, 0.5) is 0 Å². The minimum Gasteiger partial charge on any atom is -0.330 e. The summed E-state index contributed by atoms with van der Waals surface area (Å²) in [5.74, 6) is 0.792. The molecule has 0 aliphatic heterocycles. The number of aryl methyl sites for hydroxylation is 1. The number of hydrogen-bond acceptors (Lipinski definition) is 2. The van der Waals surface area contributed by atoms with Crippen molar-refractivity contribution < 1.29 is 0 Å². The minimum absolute atomic E-state index is 0.721. The molecular weight excluding hydrogens is 150 g/mol. The fourth-order valence-electron chi connectivity index (χ4n) is 1.66. The van der Waals surface area contributed by atoms with E-state index < -0.39 is 0 Å². The zero-order valence-electron chi connectivity index (χ0n) is 7.45. The predicted molar refractivity (Wildman–Crippen MR) is 47.9 cm³/mol. The lowest BCUT2D eigenvalue weighted by Crippen LogP contribution is -2.08. The summed E-state index contributed by atoms with van der Waals surface area (Å²) < 4.78 is 1.96. The molecule has 3 heteroatoms. The fraction of sp³-hybridized carbons (Fsp3) is 0.667. The van der Waals surface area contributed by atoms with Gasteiger partial charge in [0.1, 0.15) is 0 Å². The molecule has 0 spiro atoms. The molecule has 3 nitrogen and oxygen atoms in total. The van der Waals surface area contributed by atoms with Gasteiger partial charge in [-0.05, 0) is 30.9 Å². The molecule has 0 unspecified atom stereocenters. The molecule has 1 heterocycles. The molecule has 66 valence electrons. The van der Waals surface area contributed by atoms with E-state index in [2.05, 4.69) is 5.10 Å². The van der Waals surface area contributed by atoms with Crippen molar-refractivity contribution in [2.75, 3.05) is 6.54 Å². The standard InChI is InChI=1S/C9H15N3/c1-12-9(4-5-10)8(6-11-12)7-2-3-7/h6-7H,2-5,10H2,1H3. The van der Waals surface area contributed by atoms with E-state index >= 15 is 0 Å². The Balaban J connectivity index is 2.26. The highest BCUT2D eigenvalue weighted by molar-refractivity contribution is 5.26. The molecule has 0 saturated heterocycles. The molecule has 2 rings (SSSR count). The van der Waals surface area contributed by atoms with Gasteiger partial charge in [-0.15, -0.1) is 0 Å². The fourth-order valence-corrected chi connectivity index (χ4v) is 1.66. The Bertz CT molecular complexity index is 273. The predicted octanol–water partition coefficient (Wildman–Crippen LogP) is 0.799. The highest BCUT2D eigenvalue weighted by Crippen LogP contribution is 2.41. The number of nitrogens with two attached hydrogens (primary N) is 1. The van der Waals surface area contributed by atoms with Gasteiger partial charge in [0.15, 0.2) is 0 Å². The van der Waals surface area contributed by atoms with Crippen molar-refractivity contribution in [1.29, 1.82) is 0 Å². The quantitative estimate of drug-likeness (QED) is 0.720. The van der Waals surface area contributed by atoms with Gasteiger partial charge in [-0.1, -0.05) is 0 Å². The smallest absolute Gasteiger partial charge is 0.0527 e. The summed E-state index contributed by atoms with van der Waals surface area (Å²) >= 11 is 0. The second-order valence-electron chi connectivity index (χ2n) is 3.48. The second kappa shape index (κ2) is 2.90. The van der Waals surface area contributed by atoms with Crippen molar-refractivity contribution in [1.82, 2.24) is 9.78 Å². The summed E-state index contributed by atoms with van der Waals surface area (Å²) in [5.41, 5.74) is 8.30. The molecule has 1 aromatic heterocycles. The van der Waals surface area contributed by atoms with Crippen molar-refractivity contribution in [3.63, 3.8) is 0 Å². The van der Waals surface area contributed by atoms with Crippen molar-refractivity contribution in [3.8, 4) is 0 Å². The first-order chi connectivity index (χ1) is 5.83. The monoisotopic (exact) mass is 165 g/mol. The molecule has 1 saturated carbocycles. The van der Waals surface area contributed by atoms with E-state index in [4.69, 9.17) is 5.73 Å². The van der Waals surface area contributed by atoms with E-state index in [0.29, 0.717) is 0 Å². The van der Waals surface area contributed by atoms with Gasteiger partial charge in [-0.3, -0.25) is 4.68 Å². The van der Waals surface area contributed by atoms with Crippen molar-refractivity contribution in [2.24, 2.45) is 12.8 Å². The molecule has 0 bridgehead atoms. The summed E-state index contributed by atoms with van der Waals surface area (Å²) in [5, 5.41) is 4.26. The Labute approximate surface area is 72.6 Å². The first-order valence-corrected chi connectivity index (χ1v) is 4.53. The number of rotatable bonds is 3. The molecule has 0 amide bonds. The van der Waals surface area contributed by atoms with E-state index in [1.165, 1.54) is 24.1 Å². The number of aromatic nitrogens is 2. The van der Waals surface area contributed by atoms with E-state index in [1.54, 1.807) is 0 Å². The molecule has 1 aliphatic rings. The molecular formula is C9H15N3. The molecule has 1 aromatic rings. The van der Waals surface area contributed by atoms with Crippen LogP contribution in [0.15, 0.2) is 6.20 Å². The Morgan fingerprint density at radius 2 is 2.42 bits per heavy atom. The summed E-state index contributed by atoms with van der Waals surface area (Å²) in [6, 6.07) is 0. The molecule has 2 N–H and O–H groups in total. The van der Waals surface area contributed by atoms with Crippen LogP contribution in [0.5, 0.6) is 0 Å². The minimum atomic E-state index is 0.721. The van der Waals surface area contributed by atoms with Crippen LogP contribution >= 0.6 is 0 Å². The van der Waals surface area contributed by atoms with E-state index in [-0.39, 0.29) is 0 Å². The van der Waals surface area contributed by atoms with Crippen molar-refractivity contribution in [2.45, 2.75) is 25.2 Å². The highest BCUT2D eigenvalue weighted by Gasteiger charge is 2.27. The van der Waals surface area contributed by atoms with Gasteiger partial charge < -0.3 is 5.73 Å². The van der Waals surface area contributed by atoms with Crippen LogP contribution in [0, 0.1) is 0 Å². The molecule has 0 aromatic carbocycles. The number of nitrogens with zero attached hydrogens (tertiary/aromatic N) is 2. The van der Waals surface area contributed by atoms with Gasteiger partial charge in [-0.2, -0.15) is 5.10 Å². The second-order valence-corrected chi connectivity index (χ2v) is 3.48. The Kier molecular flexibility index (Phi) is 1.89. The van der Waals surface area contributed by atoms with Gasteiger partial charge in [0, 0.05) is 19.2 Å². The Hall–Kier alpha value is -0.830. The van der Waals surface area contributed by atoms with E-state index in [1.807, 2.05) is 17.9 Å². The normalized spacial score (nSPS) is 16.8. The SMILES string of the molecule is Cn1ncc(C2CC2)c1CCN. The first kappa shape index (κ1) is 7.80. The molecule has 1 fully saturated rings. The zero-order valence-corrected chi connectivity index (χ0v) is 7.45. The molecule has 0 atom stereocenters. The highest BCUT2D eigenvalue weighted by atomic mass is 15.3. The zero-order chi connectivity index (χ0) is 8.55. The van der Waals surface area contributed by atoms with Crippen LogP contribution in [-0.2, 0) is 13.5 Å². The topological polar surface area (TPSA) is 43.8 Å².